The van der Waals surface area contributed by atoms with Crippen molar-refractivity contribution in [2.45, 2.75) is 50.9 Å². The van der Waals surface area contributed by atoms with Gasteiger partial charge in [0.2, 0.25) is 0 Å². The van der Waals surface area contributed by atoms with E-state index in [0.717, 1.165) is 23.3 Å². The molecule has 6 rings (SSSR count). The lowest BCUT2D eigenvalue weighted by Gasteiger charge is -2.57. The van der Waals surface area contributed by atoms with Crippen molar-refractivity contribution in [1.82, 2.24) is 4.57 Å². The van der Waals surface area contributed by atoms with Gasteiger partial charge in [0.25, 0.3) is 0 Å². The maximum Gasteiger partial charge on any atom is 0.355 e. The SMILES string of the molecule is CCOC(=O)c1c(-c2ccc(C34CC5CC(CC(C5)C3)C4)cc2)c(C#N)cn1C. The fraction of sp³-hybridized carbons (Fsp3) is 0.520. The van der Waals surface area contributed by atoms with Crippen LogP contribution in [0.25, 0.3) is 11.1 Å². The van der Waals surface area contributed by atoms with Crippen LogP contribution in [-0.2, 0) is 17.2 Å². The summed E-state index contributed by atoms with van der Waals surface area (Å²) in [7, 11) is 1.79. The summed E-state index contributed by atoms with van der Waals surface area (Å²) in [5.41, 5.74) is 4.37. The Kier molecular flexibility index (Phi) is 4.31. The van der Waals surface area contributed by atoms with Crippen molar-refractivity contribution < 1.29 is 9.53 Å². The third-order valence-electron chi connectivity index (χ3n) is 7.60. The van der Waals surface area contributed by atoms with E-state index >= 15 is 0 Å². The summed E-state index contributed by atoms with van der Waals surface area (Å²) in [5.74, 6) is 2.36. The van der Waals surface area contributed by atoms with Gasteiger partial charge in [0.15, 0.2) is 0 Å². The molecule has 4 heteroatoms. The molecule has 0 radical (unpaired) electrons. The highest BCUT2D eigenvalue weighted by Crippen LogP contribution is 2.60. The average molecular weight is 389 g/mol. The summed E-state index contributed by atoms with van der Waals surface area (Å²) in [4.78, 5) is 12.5. The van der Waals surface area contributed by atoms with E-state index < -0.39 is 0 Å². The van der Waals surface area contributed by atoms with Crippen molar-refractivity contribution >= 4 is 5.97 Å². The molecular formula is C25H28N2O2. The Bertz CT molecular complexity index is 958. The molecule has 1 heterocycles. The van der Waals surface area contributed by atoms with Crippen LogP contribution >= 0.6 is 0 Å². The fourth-order valence-corrected chi connectivity index (χ4v) is 6.90. The molecule has 0 spiro atoms. The molecule has 0 atom stereocenters. The van der Waals surface area contributed by atoms with E-state index in [1.165, 1.54) is 44.1 Å². The molecular weight excluding hydrogens is 360 g/mol. The van der Waals surface area contributed by atoms with Gasteiger partial charge in [0.05, 0.1) is 12.2 Å². The number of nitriles is 1. The number of rotatable bonds is 4. The first kappa shape index (κ1) is 18.5. The summed E-state index contributed by atoms with van der Waals surface area (Å²) in [6.07, 6.45) is 10.0. The standard InChI is InChI=1S/C25H28N2O2/c1-3-29-24(28)23-22(20(14-26)15-27(23)2)19-4-6-21(7-5-19)25-11-16-8-17(12-25)10-18(9-16)13-25/h4-7,15-18H,3,8-13H2,1-2H3. The quantitative estimate of drug-likeness (QED) is 0.676. The number of esters is 1. The van der Waals surface area contributed by atoms with E-state index in [9.17, 15) is 10.1 Å². The molecule has 0 aliphatic heterocycles. The minimum absolute atomic E-state index is 0.316. The zero-order chi connectivity index (χ0) is 20.2. The van der Waals surface area contributed by atoms with Crippen molar-refractivity contribution in [2.24, 2.45) is 24.8 Å². The number of ether oxygens (including phenoxy) is 1. The zero-order valence-corrected chi connectivity index (χ0v) is 17.3. The minimum Gasteiger partial charge on any atom is -0.461 e. The number of carbonyl (C=O) groups is 1. The minimum atomic E-state index is -0.378. The van der Waals surface area contributed by atoms with Crippen LogP contribution in [0.5, 0.6) is 0 Å². The van der Waals surface area contributed by atoms with Crippen LogP contribution < -0.4 is 0 Å². The third kappa shape index (κ3) is 2.90. The summed E-state index contributed by atoms with van der Waals surface area (Å²) in [5, 5.41) is 9.62. The molecule has 0 N–H and O–H groups in total. The second kappa shape index (κ2) is 6.76. The van der Waals surface area contributed by atoms with Crippen LogP contribution in [0.15, 0.2) is 30.5 Å². The number of carbonyl (C=O) groups excluding carboxylic acids is 1. The predicted molar refractivity (Wildman–Crippen MR) is 111 cm³/mol. The lowest BCUT2D eigenvalue weighted by atomic mass is 9.48. The molecule has 4 bridgehead atoms. The smallest absolute Gasteiger partial charge is 0.355 e. The number of nitrogens with zero attached hydrogens (tertiary/aromatic N) is 2. The maximum atomic E-state index is 12.5. The Morgan fingerprint density at radius 1 is 1.14 bits per heavy atom. The van der Waals surface area contributed by atoms with Gasteiger partial charge in [-0.25, -0.2) is 4.79 Å². The number of hydrogen-bond acceptors (Lipinski definition) is 3. The van der Waals surface area contributed by atoms with Crippen LogP contribution in [0.3, 0.4) is 0 Å². The number of aryl methyl sites for hydroxylation is 1. The Hall–Kier alpha value is -2.54. The third-order valence-corrected chi connectivity index (χ3v) is 7.60. The molecule has 4 aliphatic carbocycles. The van der Waals surface area contributed by atoms with Gasteiger partial charge in [0.1, 0.15) is 11.8 Å². The summed E-state index contributed by atoms with van der Waals surface area (Å²) in [6, 6.07) is 11.0. The summed E-state index contributed by atoms with van der Waals surface area (Å²) in [6.45, 7) is 2.11. The molecule has 0 saturated heterocycles. The van der Waals surface area contributed by atoms with Gasteiger partial charge in [-0.3, -0.25) is 0 Å². The van der Waals surface area contributed by atoms with Crippen LogP contribution in [0.2, 0.25) is 0 Å². The largest absolute Gasteiger partial charge is 0.461 e. The maximum absolute atomic E-state index is 12.5. The molecule has 1 aromatic heterocycles. The molecule has 1 aromatic carbocycles. The van der Waals surface area contributed by atoms with Gasteiger partial charge >= 0.3 is 5.97 Å². The van der Waals surface area contributed by atoms with Crippen molar-refractivity contribution in [3.05, 3.63) is 47.3 Å². The lowest BCUT2D eigenvalue weighted by Crippen LogP contribution is -2.48. The normalized spacial score (nSPS) is 29.6. The Morgan fingerprint density at radius 2 is 1.72 bits per heavy atom. The van der Waals surface area contributed by atoms with Gasteiger partial charge in [-0.05, 0) is 79.7 Å². The molecule has 4 aliphatic rings. The highest BCUT2D eigenvalue weighted by atomic mass is 16.5. The molecule has 0 amide bonds. The summed E-state index contributed by atoms with van der Waals surface area (Å²) >= 11 is 0. The summed E-state index contributed by atoms with van der Waals surface area (Å²) < 4.78 is 6.96. The van der Waals surface area contributed by atoms with Crippen molar-refractivity contribution in [3.63, 3.8) is 0 Å². The second-order valence-corrected chi connectivity index (χ2v) is 9.48. The fourth-order valence-electron chi connectivity index (χ4n) is 6.90. The monoisotopic (exact) mass is 388 g/mol. The highest BCUT2D eigenvalue weighted by molar-refractivity contribution is 5.97. The van der Waals surface area contributed by atoms with Gasteiger partial charge in [-0.2, -0.15) is 5.26 Å². The van der Waals surface area contributed by atoms with Gasteiger partial charge in [-0.1, -0.05) is 24.3 Å². The average Bonchev–Trinajstić information content (AvgIpc) is 3.03. The van der Waals surface area contributed by atoms with E-state index in [1.807, 2.05) is 0 Å². The first-order chi connectivity index (χ1) is 14.0. The van der Waals surface area contributed by atoms with Crippen LogP contribution in [0.1, 0.15) is 67.1 Å². The molecule has 4 saturated carbocycles. The first-order valence-corrected chi connectivity index (χ1v) is 10.9. The molecule has 4 fully saturated rings. The Labute approximate surface area is 172 Å². The molecule has 2 aromatic rings. The van der Waals surface area contributed by atoms with Gasteiger partial charge in [0, 0.05) is 18.8 Å². The van der Waals surface area contributed by atoms with Crippen LogP contribution in [0.4, 0.5) is 0 Å². The number of hydrogen-bond donors (Lipinski definition) is 0. The molecule has 0 unspecified atom stereocenters. The van der Waals surface area contributed by atoms with E-state index in [0.29, 0.717) is 28.8 Å². The first-order valence-electron chi connectivity index (χ1n) is 10.9. The predicted octanol–water partition coefficient (Wildman–Crippen LogP) is 5.21. The number of benzene rings is 1. The molecule has 4 nitrogen and oxygen atoms in total. The van der Waals surface area contributed by atoms with Gasteiger partial charge in [-0.15, -0.1) is 0 Å². The van der Waals surface area contributed by atoms with Gasteiger partial charge < -0.3 is 9.30 Å². The Balaban J connectivity index is 1.52. The lowest BCUT2D eigenvalue weighted by molar-refractivity contribution is -0.00518. The number of aromatic nitrogens is 1. The van der Waals surface area contributed by atoms with E-state index in [1.54, 1.807) is 24.7 Å². The highest BCUT2D eigenvalue weighted by Gasteiger charge is 2.51. The zero-order valence-electron chi connectivity index (χ0n) is 17.3. The molecule has 150 valence electrons. The topological polar surface area (TPSA) is 55.0 Å². The van der Waals surface area contributed by atoms with Crippen LogP contribution in [-0.4, -0.2) is 17.1 Å². The van der Waals surface area contributed by atoms with Crippen molar-refractivity contribution in [3.8, 4) is 17.2 Å². The van der Waals surface area contributed by atoms with Crippen molar-refractivity contribution in [2.75, 3.05) is 6.61 Å². The van der Waals surface area contributed by atoms with Crippen LogP contribution in [0, 0.1) is 29.1 Å². The van der Waals surface area contributed by atoms with E-state index in [4.69, 9.17) is 4.74 Å². The van der Waals surface area contributed by atoms with E-state index in [-0.39, 0.29) is 5.97 Å². The molecule has 29 heavy (non-hydrogen) atoms. The van der Waals surface area contributed by atoms with Crippen molar-refractivity contribution in [1.29, 1.82) is 5.26 Å². The Morgan fingerprint density at radius 3 is 2.24 bits per heavy atom. The second-order valence-electron chi connectivity index (χ2n) is 9.48. The van der Waals surface area contributed by atoms with E-state index in [2.05, 4.69) is 30.3 Å².